The highest BCUT2D eigenvalue weighted by atomic mass is 79.9. The summed E-state index contributed by atoms with van der Waals surface area (Å²) in [6.45, 7) is 5.96. The van der Waals surface area contributed by atoms with Gasteiger partial charge in [0.05, 0.1) is 34.4 Å². The fourth-order valence-corrected chi connectivity index (χ4v) is 6.74. The number of carbonyl (C=O) groups excluding carboxylic acids is 1. The smallest absolute Gasteiger partial charge is 0.340 e. The quantitative estimate of drug-likeness (QED) is 0.258. The second-order valence-electron chi connectivity index (χ2n) is 11.5. The number of aliphatic hydroxyl groups excluding tert-OH is 2. The first-order valence-corrected chi connectivity index (χ1v) is 16.0. The van der Waals surface area contributed by atoms with Crippen molar-refractivity contribution in [1.29, 1.82) is 0 Å². The van der Waals surface area contributed by atoms with Crippen LogP contribution in [0.5, 0.6) is 11.5 Å². The van der Waals surface area contributed by atoms with Gasteiger partial charge in [0.2, 0.25) is 0 Å². The van der Waals surface area contributed by atoms with Gasteiger partial charge < -0.3 is 29.4 Å². The molecule has 2 aliphatic heterocycles. The van der Waals surface area contributed by atoms with E-state index >= 15 is 0 Å². The van der Waals surface area contributed by atoms with Gasteiger partial charge in [0.1, 0.15) is 18.1 Å². The van der Waals surface area contributed by atoms with Crippen LogP contribution in [0, 0.1) is 11.8 Å². The molecule has 0 unspecified atom stereocenters. The van der Waals surface area contributed by atoms with E-state index in [1.807, 2.05) is 48.0 Å². The SMILES string of the molecule is CCOC(=O)c1c(COc2ccccc2)n(C)c2cc(Br)c(O)c(CN(N3CCC(CO)CC3)N3CCC(CO)CC3)c12. The van der Waals surface area contributed by atoms with Crippen LogP contribution in [-0.4, -0.2) is 87.0 Å². The predicted molar refractivity (Wildman–Crippen MR) is 167 cm³/mol. The van der Waals surface area contributed by atoms with Crippen molar-refractivity contribution >= 4 is 32.8 Å². The number of hydrazine groups is 2. The highest BCUT2D eigenvalue weighted by molar-refractivity contribution is 9.10. The van der Waals surface area contributed by atoms with E-state index in [2.05, 4.69) is 31.1 Å². The van der Waals surface area contributed by atoms with E-state index in [1.54, 1.807) is 6.92 Å². The van der Waals surface area contributed by atoms with E-state index in [1.165, 1.54) is 0 Å². The van der Waals surface area contributed by atoms with E-state index in [-0.39, 0.29) is 44.0 Å². The number of phenols is 1. The molecular weight excluding hydrogens is 616 g/mol. The number of aromatic hydroxyl groups is 1. The summed E-state index contributed by atoms with van der Waals surface area (Å²) in [6, 6.07) is 11.3. The van der Waals surface area contributed by atoms with Gasteiger partial charge >= 0.3 is 5.97 Å². The molecule has 0 amide bonds. The maximum absolute atomic E-state index is 13.6. The third kappa shape index (κ3) is 6.87. The molecule has 1 aromatic heterocycles. The number of esters is 1. The molecule has 11 heteroatoms. The van der Waals surface area contributed by atoms with E-state index < -0.39 is 5.97 Å². The van der Waals surface area contributed by atoms with Crippen molar-refractivity contribution < 1.29 is 29.6 Å². The van der Waals surface area contributed by atoms with Crippen LogP contribution in [0.4, 0.5) is 0 Å². The summed E-state index contributed by atoms with van der Waals surface area (Å²) in [5, 5.41) is 38.5. The van der Waals surface area contributed by atoms with Gasteiger partial charge in [-0.15, -0.1) is 0 Å². The van der Waals surface area contributed by atoms with Gasteiger partial charge in [-0.25, -0.2) is 14.8 Å². The summed E-state index contributed by atoms with van der Waals surface area (Å²) in [5.74, 6) is 0.874. The van der Waals surface area contributed by atoms with E-state index in [9.17, 15) is 20.1 Å². The number of rotatable bonds is 11. The number of nitrogens with zero attached hydrogens (tertiary/aromatic N) is 4. The molecule has 2 aromatic carbocycles. The minimum atomic E-state index is -0.457. The summed E-state index contributed by atoms with van der Waals surface area (Å²) >= 11 is 3.58. The fourth-order valence-electron chi connectivity index (χ4n) is 6.28. The molecule has 0 aliphatic carbocycles. The molecule has 3 heterocycles. The normalized spacial score (nSPS) is 17.6. The summed E-state index contributed by atoms with van der Waals surface area (Å²) in [6.07, 6.45) is 3.50. The average molecular weight is 660 g/mol. The van der Waals surface area contributed by atoms with Crippen molar-refractivity contribution in [2.45, 2.75) is 45.8 Å². The minimum absolute atomic E-state index is 0.0830. The van der Waals surface area contributed by atoms with Crippen molar-refractivity contribution in [2.24, 2.45) is 18.9 Å². The minimum Gasteiger partial charge on any atom is -0.506 e. The molecule has 3 N–H and O–H groups in total. The van der Waals surface area contributed by atoms with Crippen LogP contribution in [0.15, 0.2) is 40.9 Å². The van der Waals surface area contributed by atoms with Crippen molar-refractivity contribution in [1.82, 2.24) is 19.7 Å². The van der Waals surface area contributed by atoms with Crippen LogP contribution in [-0.2, 0) is 24.9 Å². The summed E-state index contributed by atoms with van der Waals surface area (Å²) in [7, 11) is 1.90. The second kappa shape index (κ2) is 14.4. The first-order chi connectivity index (χ1) is 20.9. The monoisotopic (exact) mass is 658 g/mol. The number of aliphatic hydroxyl groups is 2. The third-order valence-electron chi connectivity index (χ3n) is 8.89. The zero-order valence-corrected chi connectivity index (χ0v) is 26.6. The standard InChI is InChI=1S/C32H43BrN4O6/c1-3-42-32(41)30-28(21-43-24-7-5-4-6-8-24)34(2)27-17-26(33)31(40)25(29(27)30)18-37(35-13-9-22(19-38)10-14-35)36-15-11-23(20-39)12-16-36/h4-8,17,22-23,38-40H,3,9-16,18-21H2,1-2H3. The Bertz CT molecular complexity index is 1360. The van der Waals surface area contributed by atoms with Gasteiger partial charge in [-0.1, -0.05) is 18.2 Å². The lowest BCUT2D eigenvalue weighted by atomic mass is 9.98. The number of halogens is 1. The van der Waals surface area contributed by atoms with Crippen LogP contribution < -0.4 is 4.74 Å². The molecule has 0 radical (unpaired) electrons. The number of carbonyl (C=O) groups is 1. The molecular formula is C32H43BrN4O6. The molecule has 0 spiro atoms. The van der Waals surface area contributed by atoms with Gasteiger partial charge in [-0.2, -0.15) is 5.12 Å². The number of para-hydroxylation sites is 1. The topological polar surface area (TPSA) is 111 Å². The Hall–Kier alpha value is -2.67. The molecule has 10 nitrogen and oxygen atoms in total. The number of phenolic OH excluding ortho intramolecular Hbond substituents is 1. The Morgan fingerprint density at radius 2 is 1.58 bits per heavy atom. The number of hydrogen-bond acceptors (Lipinski definition) is 9. The molecule has 2 aliphatic rings. The van der Waals surface area contributed by atoms with Crippen molar-refractivity contribution in [3.8, 4) is 11.5 Å². The van der Waals surface area contributed by atoms with Crippen LogP contribution in [0.3, 0.4) is 0 Å². The van der Waals surface area contributed by atoms with E-state index in [0.29, 0.717) is 39.0 Å². The zero-order chi connectivity index (χ0) is 30.5. The van der Waals surface area contributed by atoms with Gasteiger partial charge in [0.15, 0.2) is 0 Å². The first kappa shape index (κ1) is 31.7. The molecule has 2 saturated heterocycles. The number of aromatic nitrogens is 1. The van der Waals surface area contributed by atoms with Crippen LogP contribution in [0.1, 0.15) is 54.2 Å². The van der Waals surface area contributed by atoms with Gasteiger partial charge in [0, 0.05) is 57.4 Å². The molecule has 43 heavy (non-hydrogen) atoms. The lowest BCUT2D eigenvalue weighted by Crippen LogP contribution is -2.57. The number of fused-ring (bicyclic) bond motifs is 1. The summed E-state index contributed by atoms with van der Waals surface area (Å²) < 4.78 is 14.2. The maximum atomic E-state index is 13.6. The maximum Gasteiger partial charge on any atom is 0.340 e. The van der Waals surface area contributed by atoms with Gasteiger partial charge in [0.25, 0.3) is 0 Å². The Labute approximate surface area is 261 Å². The summed E-state index contributed by atoms with van der Waals surface area (Å²) in [5.41, 5.74) is 2.47. The highest BCUT2D eigenvalue weighted by Crippen LogP contribution is 2.41. The Morgan fingerprint density at radius 1 is 1.00 bits per heavy atom. The molecule has 0 bridgehead atoms. The number of ether oxygens (including phenoxy) is 2. The molecule has 2 fully saturated rings. The lowest BCUT2D eigenvalue weighted by molar-refractivity contribution is -0.213. The molecule has 3 aromatic rings. The van der Waals surface area contributed by atoms with Crippen LogP contribution in [0.25, 0.3) is 10.9 Å². The van der Waals surface area contributed by atoms with Crippen LogP contribution in [0.2, 0.25) is 0 Å². The third-order valence-corrected chi connectivity index (χ3v) is 9.49. The highest BCUT2D eigenvalue weighted by Gasteiger charge is 2.34. The molecule has 5 rings (SSSR count). The number of piperidine rings is 2. The molecule has 234 valence electrons. The number of aryl methyl sites for hydroxylation is 1. The lowest BCUT2D eigenvalue weighted by Gasteiger charge is -2.47. The van der Waals surface area contributed by atoms with E-state index in [0.717, 1.165) is 57.4 Å². The molecule has 0 saturated carbocycles. The van der Waals surface area contributed by atoms with Crippen molar-refractivity contribution in [3.05, 3.63) is 57.7 Å². The Morgan fingerprint density at radius 3 is 2.12 bits per heavy atom. The van der Waals surface area contributed by atoms with Crippen molar-refractivity contribution in [3.63, 3.8) is 0 Å². The zero-order valence-electron chi connectivity index (χ0n) is 25.0. The average Bonchev–Trinajstić information content (AvgIpc) is 3.31. The van der Waals surface area contributed by atoms with Crippen LogP contribution >= 0.6 is 15.9 Å². The first-order valence-electron chi connectivity index (χ1n) is 15.2. The largest absolute Gasteiger partial charge is 0.506 e. The fraction of sp³-hybridized carbons (Fsp3) is 0.531. The Balaban J connectivity index is 1.59. The molecule has 0 atom stereocenters. The summed E-state index contributed by atoms with van der Waals surface area (Å²) in [4.78, 5) is 13.6. The van der Waals surface area contributed by atoms with E-state index in [4.69, 9.17) is 9.47 Å². The predicted octanol–water partition coefficient (Wildman–Crippen LogP) is 4.44. The Kier molecular flexibility index (Phi) is 10.6. The second-order valence-corrected chi connectivity index (χ2v) is 12.3. The van der Waals surface area contributed by atoms with Gasteiger partial charge in [-0.05, 0) is 78.6 Å². The van der Waals surface area contributed by atoms with Crippen molar-refractivity contribution in [2.75, 3.05) is 46.0 Å². The number of benzene rings is 2. The number of hydrogen-bond donors (Lipinski definition) is 3. The van der Waals surface area contributed by atoms with Gasteiger partial charge in [-0.3, -0.25) is 0 Å².